The largest absolute Gasteiger partial charge is 0.481 e. The van der Waals surface area contributed by atoms with Crippen LogP contribution in [0.3, 0.4) is 0 Å². The minimum atomic E-state index is -3.75. The van der Waals surface area contributed by atoms with Gasteiger partial charge in [0.15, 0.2) is 0 Å². The van der Waals surface area contributed by atoms with E-state index in [2.05, 4.69) is 0 Å². The van der Waals surface area contributed by atoms with Crippen molar-refractivity contribution in [3.63, 3.8) is 0 Å². The number of hydrogen-bond donors (Lipinski definition) is 1. The van der Waals surface area contributed by atoms with Crippen molar-refractivity contribution in [1.29, 1.82) is 0 Å². The molecule has 1 aliphatic heterocycles. The van der Waals surface area contributed by atoms with Crippen molar-refractivity contribution < 1.29 is 18.3 Å². The van der Waals surface area contributed by atoms with Gasteiger partial charge in [-0.25, -0.2) is 8.42 Å². The highest BCUT2D eigenvalue weighted by molar-refractivity contribution is 7.95. The van der Waals surface area contributed by atoms with Crippen LogP contribution in [0.25, 0.3) is 6.08 Å². The standard InChI is InChI=1S/C17H15NO4S/c19-17(20)15-12-18(16-9-5-4-8-14(15)16)23(21,22)11-10-13-6-2-1-3-7-13/h1-11,15H,12H2,(H,19,20)/b11-10+. The molecule has 0 saturated heterocycles. The Morgan fingerprint density at radius 1 is 1.09 bits per heavy atom. The van der Waals surface area contributed by atoms with Crippen LogP contribution < -0.4 is 4.31 Å². The Morgan fingerprint density at radius 3 is 2.43 bits per heavy atom. The Hall–Kier alpha value is -2.60. The normalized spacial score (nSPS) is 17.4. The number of carbonyl (C=O) groups is 1. The summed E-state index contributed by atoms with van der Waals surface area (Å²) in [5.74, 6) is -1.87. The summed E-state index contributed by atoms with van der Waals surface area (Å²) < 4.78 is 26.3. The van der Waals surface area contributed by atoms with Gasteiger partial charge in [0.25, 0.3) is 10.0 Å². The maximum absolute atomic E-state index is 12.6. The topological polar surface area (TPSA) is 74.7 Å². The lowest BCUT2D eigenvalue weighted by molar-refractivity contribution is -0.138. The minimum absolute atomic E-state index is 0.0872. The summed E-state index contributed by atoms with van der Waals surface area (Å²) in [6.07, 6.45) is 1.51. The van der Waals surface area contributed by atoms with Crippen LogP contribution in [0.2, 0.25) is 0 Å². The first kappa shape index (κ1) is 15.3. The molecule has 118 valence electrons. The Labute approximate surface area is 134 Å². The van der Waals surface area contributed by atoms with Gasteiger partial charge in [0.05, 0.1) is 17.6 Å². The maximum Gasteiger partial charge on any atom is 0.312 e. The molecule has 5 nitrogen and oxygen atoms in total. The fourth-order valence-electron chi connectivity index (χ4n) is 2.63. The van der Waals surface area contributed by atoms with Gasteiger partial charge in [-0.15, -0.1) is 0 Å². The lowest BCUT2D eigenvalue weighted by Crippen LogP contribution is -2.29. The van der Waals surface area contributed by atoms with Crippen molar-refractivity contribution in [3.05, 3.63) is 71.1 Å². The second-order valence-electron chi connectivity index (χ2n) is 5.24. The zero-order valence-corrected chi connectivity index (χ0v) is 13.0. The molecule has 0 radical (unpaired) electrons. The summed E-state index contributed by atoms with van der Waals surface area (Å²) in [6, 6.07) is 15.8. The van der Waals surface area contributed by atoms with Crippen LogP contribution in [0, 0.1) is 0 Å². The van der Waals surface area contributed by atoms with Crippen molar-refractivity contribution in [1.82, 2.24) is 0 Å². The minimum Gasteiger partial charge on any atom is -0.481 e. The molecule has 0 bridgehead atoms. The Kier molecular flexibility index (Phi) is 3.92. The zero-order chi connectivity index (χ0) is 16.4. The first-order valence-corrected chi connectivity index (χ1v) is 8.57. The zero-order valence-electron chi connectivity index (χ0n) is 12.2. The quantitative estimate of drug-likeness (QED) is 0.936. The van der Waals surface area contributed by atoms with Gasteiger partial charge < -0.3 is 5.11 Å². The molecule has 0 fully saturated rings. The molecule has 0 aliphatic carbocycles. The molecule has 6 heteroatoms. The molecule has 1 aliphatic rings. The van der Waals surface area contributed by atoms with Gasteiger partial charge in [0, 0.05) is 0 Å². The molecule has 3 rings (SSSR count). The highest BCUT2D eigenvalue weighted by Crippen LogP contribution is 2.38. The molecule has 0 spiro atoms. The number of nitrogens with zero attached hydrogens (tertiary/aromatic N) is 1. The van der Waals surface area contributed by atoms with E-state index >= 15 is 0 Å². The average molecular weight is 329 g/mol. The van der Waals surface area contributed by atoms with E-state index in [1.165, 1.54) is 6.08 Å². The number of para-hydroxylation sites is 1. The smallest absolute Gasteiger partial charge is 0.312 e. The molecular weight excluding hydrogens is 314 g/mol. The summed E-state index contributed by atoms with van der Waals surface area (Å²) >= 11 is 0. The fourth-order valence-corrected chi connectivity index (χ4v) is 3.90. The predicted molar refractivity (Wildman–Crippen MR) is 88.6 cm³/mol. The van der Waals surface area contributed by atoms with Crippen LogP contribution in [-0.4, -0.2) is 26.0 Å². The predicted octanol–water partition coefficient (Wildman–Crippen LogP) is 2.68. The summed E-state index contributed by atoms with van der Waals surface area (Å²) in [6.45, 7) is -0.0872. The molecule has 1 atom stereocenters. The molecule has 2 aromatic carbocycles. The highest BCUT2D eigenvalue weighted by Gasteiger charge is 2.38. The van der Waals surface area contributed by atoms with Crippen LogP contribution in [0.15, 0.2) is 60.0 Å². The number of aliphatic carboxylic acids is 1. The van der Waals surface area contributed by atoms with Crippen molar-refractivity contribution >= 4 is 27.8 Å². The lowest BCUT2D eigenvalue weighted by Gasteiger charge is -2.17. The number of carboxylic acid groups (broad SMARTS) is 1. The number of sulfonamides is 1. The van der Waals surface area contributed by atoms with E-state index in [1.807, 2.05) is 18.2 Å². The number of anilines is 1. The Balaban J connectivity index is 1.95. The van der Waals surface area contributed by atoms with E-state index in [4.69, 9.17) is 0 Å². The van der Waals surface area contributed by atoms with Crippen LogP contribution in [0.5, 0.6) is 0 Å². The van der Waals surface area contributed by atoms with Crippen molar-refractivity contribution in [3.8, 4) is 0 Å². The summed E-state index contributed by atoms with van der Waals surface area (Å²) in [5.41, 5.74) is 1.72. The van der Waals surface area contributed by atoms with Gasteiger partial charge in [0.1, 0.15) is 5.92 Å². The Bertz CT molecular complexity index is 859. The number of benzene rings is 2. The average Bonchev–Trinajstić information content (AvgIpc) is 2.95. The number of carboxylic acids is 1. The molecule has 0 saturated carbocycles. The summed E-state index contributed by atoms with van der Waals surface area (Å²) in [4.78, 5) is 11.4. The van der Waals surface area contributed by atoms with E-state index in [9.17, 15) is 18.3 Å². The van der Waals surface area contributed by atoms with Gasteiger partial charge in [-0.2, -0.15) is 0 Å². The molecule has 2 aromatic rings. The third-order valence-corrected chi connectivity index (χ3v) is 5.21. The van der Waals surface area contributed by atoms with Crippen LogP contribution in [0.4, 0.5) is 5.69 Å². The van der Waals surface area contributed by atoms with E-state index in [0.717, 1.165) is 15.3 Å². The third-order valence-electron chi connectivity index (χ3n) is 3.77. The van der Waals surface area contributed by atoms with Gasteiger partial charge in [-0.3, -0.25) is 9.10 Å². The van der Waals surface area contributed by atoms with Crippen molar-refractivity contribution in [2.45, 2.75) is 5.92 Å². The molecular formula is C17H15NO4S. The number of hydrogen-bond acceptors (Lipinski definition) is 3. The summed E-state index contributed by atoms with van der Waals surface area (Å²) in [7, 11) is -3.75. The van der Waals surface area contributed by atoms with Crippen LogP contribution in [-0.2, 0) is 14.8 Å². The molecule has 1 unspecified atom stereocenters. The fraction of sp³-hybridized carbons (Fsp3) is 0.118. The van der Waals surface area contributed by atoms with E-state index < -0.39 is 21.9 Å². The van der Waals surface area contributed by atoms with Gasteiger partial charge in [0.2, 0.25) is 0 Å². The molecule has 1 N–H and O–H groups in total. The van der Waals surface area contributed by atoms with E-state index in [0.29, 0.717) is 11.3 Å². The van der Waals surface area contributed by atoms with E-state index in [-0.39, 0.29) is 6.54 Å². The lowest BCUT2D eigenvalue weighted by atomic mass is 10.0. The highest BCUT2D eigenvalue weighted by atomic mass is 32.2. The SMILES string of the molecule is O=C(O)C1CN(S(=O)(=O)/C=C/c2ccccc2)c2ccccc21. The second-order valence-corrected chi connectivity index (χ2v) is 6.98. The van der Waals surface area contributed by atoms with E-state index in [1.54, 1.807) is 36.4 Å². The number of fused-ring (bicyclic) bond motifs is 1. The van der Waals surface area contributed by atoms with Crippen molar-refractivity contribution in [2.24, 2.45) is 0 Å². The van der Waals surface area contributed by atoms with Crippen LogP contribution in [0.1, 0.15) is 17.0 Å². The third kappa shape index (κ3) is 2.98. The molecule has 0 aromatic heterocycles. The Morgan fingerprint density at radius 2 is 1.74 bits per heavy atom. The maximum atomic E-state index is 12.6. The second kappa shape index (κ2) is 5.89. The van der Waals surface area contributed by atoms with Gasteiger partial charge >= 0.3 is 5.97 Å². The molecule has 1 heterocycles. The monoisotopic (exact) mass is 329 g/mol. The first-order chi connectivity index (χ1) is 11.0. The van der Waals surface area contributed by atoms with Crippen LogP contribution >= 0.6 is 0 Å². The van der Waals surface area contributed by atoms with Gasteiger partial charge in [-0.1, -0.05) is 48.5 Å². The first-order valence-electron chi connectivity index (χ1n) is 7.06. The van der Waals surface area contributed by atoms with Crippen molar-refractivity contribution in [2.75, 3.05) is 10.8 Å². The summed E-state index contributed by atoms with van der Waals surface area (Å²) in [5, 5.41) is 10.4. The molecule has 0 amide bonds. The number of rotatable bonds is 4. The van der Waals surface area contributed by atoms with Gasteiger partial charge in [-0.05, 0) is 23.3 Å². The molecule has 23 heavy (non-hydrogen) atoms.